The lowest BCUT2D eigenvalue weighted by Crippen LogP contribution is -2.09. The summed E-state index contributed by atoms with van der Waals surface area (Å²) in [6, 6.07) is 4.39. The number of phenols is 2. The van der Waals surface area contributed by atoms with E-state index >= 15 is 0 Å². The Labute approximate surface area is 96.3 Å². The van der Waals surface area contributed by atoms with Crippen molar-refractivity contribution in [2.45, 2.75) is 32.2 Å². The van der Waals surface area contributed by atoms with Gasteiger partial charge in [-0.1, -0.05) is 25.8 Å². The zero-order valence-corrected chi connectivity index (χ0v) is 9.63. The van der Waals surface area contributed by atoms with Crippen LogP contribution in [0.1, 0.15) is 37.8 Å². The highest BCUT2D eigenvalue weighted by atomic mass is 35.5. The van der Waals surface area contributed by atoms with E-state index in [4.69, 9.17) is 10.8 Å². The van der Waals surface area contributed by atoms with Crippen molar-refractivity contribution in [1.29, 1.82) is 0 Å². The van der Waals surface area contributed by atoms with Gasteiger partial charge < -0.3 is 15.9 Å². The fraction of sp³-hybridized carbons (Fsp3) is 0.455. The van der Waals surface area contributed by atoms with Crippen molar-refractivity contribution in [2.75, 3.05) is 0 Å². The van der Waals surface area contributed by atoms with Crippen LogP contribution < -0.4 is 5.73 Å². The maximum Gasteiger partial charge on any atom is 0.124 e. The Bertz CT molecular complexity index is 305. The zero-order valence-electron chi connectivity index (χ0n) is 8.81. The van der Waals surface area contributed by atoms with Crippen molar-refractivity contribution in [3.8, 4) is 11.5 Å². The third-order valence-electron chi connectivity index (χ3n) is 2.28. The molecule has 1 atom stereocenters. The number of hydrogen-bond donors (Lipinski definition) is 3. The summed E-state index contributed by atoms with van der Waals surface area (Å²) in [5.74, 6) is 0.141. The normalized spacial score (nSPS) is 11.9. The third kappa shape index (κ3) is 3.98. The average molecular weight is 232 g/mol. The summed E-state index contributed by atoms with van der Waals surface area (Å²) in [5, 5.41) is 18.6. The van der Waals surface area contributed by atoms with Gasteiger partial charge in [0.25, 0.3) is 0 Å². The van der Waals surface area contributed by atoms with Crippen molar-refractivity contribution in [3.63, 3.8) is 0 Å². The van der Waals surface area contributed by atoms with Gasteiger partial charge >= 0.3 is 0 Å². The second kappa shape index (κ2) is 6.53. The van der Waals surface area contributed by atoms with Crippen molar-refractivity contribution in [1.82, 2.24) is 0 Å². The molecule has 1 aromatic carbocycles. The molecule has 15 heavy (non-hydrogen) atoms. The second-order valence-corrected chi connectivity index (χ2v) is 3.49. The highest BCUT2D eigenvalue weighted by Crippen LogP contribution is 2.28. The van der Waals surface area contributed by atoms with Gasteiger partial charge in [0.2, 0.25) is 0 Å². The largest absolute Gasteiger partial charge is 0.508 e. The van der Waals surface area contributed by atoms with E-state index in [0.717, 1.165) is 19.3 Å². The van der Waals surface area contributed by atoms with Crippen molar-refractivity contribution < 1.29 is 10.2 Å². The molecule has 86 valence electrons. The van der Waals surface area contributed by atoms with E-state index in [1.807, 2.05) is 0 Å². The fourth-order valence-corrected chi connectivity index (χ4v) is 1.43. The van der Waals surface area contributed by atoms with Gasteiger partial charge in [0.05, 0.1) is 0 Å². The van der Waals surface area contributed by atoms with Gasteiger partial charge in [-0.2, -0.15) is 0 Å². The number of aromatic hydroxyl groups is 2. The molecule has 0 unspecified atom stereocenters. The topological polar surface area (TPSA) is 66.5 Å². The van der Waals surface area contributed by atoms with Crippen LogP contribution in [0.3, 0.4) is 0 Å². The van der Waals surface area contributed by atoms with Crippen molar-refractivity contribution >= 4 is 12.4 Å². The maximum absolute atomic E-state index is 9.52. The van der Waals surface area contributed by atoms with Crippen LogP contribution in [0.15, 0.2) is 18.2 Å². The number of benzene rings is 1. The van der Waals surface area contributed by atoms with Gasteiger partial charge in [0.15, 0.2) is 0 Å². The van der Waals surface area contributed by atoms with Gasteiger partial charge in [-0.25, -0.2) is 0 Å². The molecule has 4 N–H and O–H groups in total. The van der Waals surface area contributed by atoms with Crippen LogP contribution in [0.4, 0.5) is 0 Å². The first kappa shape index (κ1) is 14.1. The van der Waals surface area contributed by atoms with E-state index < -0.39 is 0 Å². The van der Waals surface area contributed by atoms with Gasteiger partial charge in [-0.3, -0.25) is 0 Å². The van der Waals surface area contributed by atoms with Crippen LogP contribution >= 0.6 is 12.4 Å². The van der Waals surface area contributed by atoms with Gasteiger partial charge in [0, 0.05) is 17.7 Å². The quantitative estimate of drug-likeness (QED) is 0.747. The second-order valence-electron chi connectivity index (χ2n) is 3.49. The molecule has 0 radical (unpaired) electrons. The van der Waals surface area contributed by atoms with Crippen LogP contribution in [0.5, 0.6) is 11.5 Å². The Morgan fingerprint density at radius 3 is 2.53 bits per heavy atom. The molecule has 4 heteroatoms. The first-order valence-corrected chi connectivity index (χ1v) is 4.92. The predicted octanol–water partition coefficient (Wildman–Crippen LogP) is 2.71. The zero-order chi connectivity index (χ0) is 10.6. The lowest BCUT2D eigenvalue weighted by atomic mass is 10.0. The first-order chi connectivity index (χ1) is 6.65. The molecule has 0 aliphatic heterocycles. The summed E-state index contributed by atoms with van der Waals surface area (Å²) in [5.41, 5.74) is 6.60. The van der Waals surface area contributed by atoms with E-state index in [1.54, 1.807) is 12.1 Å². The van der Waals surface area contributed by atoms with Crippen LogP contribution in [0.25, 0.3) is 0 Å². The first-order valence-electron chi connectivity index (χ1n) is 4.92. The van der Waals surface area contributed by atoms with Crippen molar-refractivity contribution in [3.05, 3.63) is 23.8 Å². The Morgan fingerprint density at radius 1 is 1.33 bits per heavy atom. The molecule has 0 heterocycles. The molecule has 0 saturated heterocycles. The Hall–Kier alpha value is -0.930. The molecule has 1 aromatic rings. The number of hydrogen-bond acceptors (Lipinski definition) is 3. The lowest BCUT2D eigenvalue weighted by Gasteiger charge is -2.13. The molecule has 0 bridgehead atoms. The van der Waals surface area contributed by atoms with Crippen LogP contribution in [-0.4, -0.2) is 10.2 Å². The lowest BCUT2D eigenvalue weighted by molar-refractivity contribution is 0.438. The SMILES string of the molecule is CCCC[C@H](N)c1ccc(O)cc1O.Cl. The smallest absolute Gasteiger partial charge is 0.124 e. The number of halogens is 1. The summed E-state index contributed by atoms with van der Waals surface area (Å²) in [6.07, 6.45) is 2.99. The summed E-state index contributed by atoms with van der Waals surface area (Å²) < 4.78 is 0. The average Bonchev–Trinajstić information content (AvgIpc) is 2.14. The van der Waals surface area contributed by atoms with Crippen LogP contribution in [0.2, 0.25) is 0 Å². The molecule has 0 aliphatic rings. The van der Waals surface area contributed by atoms with E-state index in [9.17, 15) is 5.11 Å². The minimum absolute atomic E-state index is 0. The molecule has 0 aromatic heterocycles. The Balaban J connectivity index is 0.00000196. The minimum Gasteiger partial charge on any atom is -0.508 e. The summed E-state index contributed by atoms with van der Waals surface area (Å²) in [4.78, 5) is 0. The minimum atomic E-state index is -0.143. The molecule has 1 rings (SSSR count). The number of rotatable bonds is 4. The van der Waals surface area contributed by atoms with Crippen LogP contribution in [-0.2, 0) is 0 Å². The third-order valence-corrected chi connectivity index (χ3v) is 2.28. The highest BCUT2D eigenvalue weighted by Gasteiger charge is 2.10. The molecule has 3 nitrogen and oxygen atoms in total. The van der Waals surface area contributed by atoms with Crippen LogP contribution in [0, 0.1) is 0 Å². The molecule has 0 amide bonds. The van der Waals surface area contributed by atoms with E-state index in [1.165, 1.54) is 6.07 Å². The Morgan fingerprint density at radius 2 is 2.00 bits per heavy atom. The number of unbranched alkanes of at least 4 members (excludes halogenated alkanes) is 1. The van der Waals surface area contributed by atoms with E-state index in [2.05, 4.69) is 6.92 Å². The molecular weight excluding hydrogens is 214 g/mol. The standard InChI is InChI=1S/C11H17NO2.ClH/c1-2-3-4-10(12)9-6-5-8(13)7-11(9)14;/h5-7,10,13-14H,2-4,12H2,1H3;1H/t10-;/m0./s1. The van der Waals surface area contributed by atoms with Gasteiger partial charge in [-0.05, 0) is 12.5 Å². The highest BCUT2D eigenvalue weighted by molar-refractivity contribution is 5.85. The monoisotopic (exact) mass is 231 g/mol. The molecule has 0 spiro atoms. The Kier molecular flexibility index (Phi) is 6.13. The molecular formula is C11H18ClNO2. The maximum atomic E-state index is 9.52. The van der Waals surface area contributed by atoms with Crippen molar-refractivity contribution in [2.24, 2.45) is 5.73 Å². The molecule has 0 fully saturated rings. The number of nitrogens with two attached hydrogens (primary N) is 1. The molecule has 0 aliphatic carbocycles. The predicted molar refractivity (Wildman–Crippen MR) is 63.5 cm³/mol. The fourth-order valence-electron chi connectivity index (χ4n) is 1.43. The summed E-state index contributed by atoms with van der Waals surface area (Å²) in [7, 11) is 0. The summed E-state index contributed by atoms with van der Waals surface area (Å²) in [6.45, 7) is 2.10. The molecule has 0 saturated carbocycles. The number of phenolic OH excluding ortho intramolecular Hbond substituents is 2. The van der Waals surface area contributed by atoms with E-state index in [-0.39, 0.29) is 29.9 Å². The summed E-state index contributed by atoms with van der Waals surface area (Å²) >= 11 is 0. The van der Waals surface area contributed by atoms with Gasteiger partial charge in [-0.15, -0.1) is 12.4 Å². The van der Waals surface area contributed by atoms with E-state index in [0.29, 0.717) is 5.56 Å². The van der Waals surface area contributed by atoms with Gasteiger partial charge in [0.1, 0.15) is 11.5 Å².